The molecule has 0 spiro atoms. The normalized spacial score (nSPS) is 33.2. The Morgan fingerprint density at radius 3 is 3.00 bits per heavy atom. The first-order chi connectivity index (χ1) is 12.2. The molecule has 0 radical (unpaired) electrons. The van der Waals surface area contributed by atoms with Crippen molar-refractivity contribution in [2.75, 3.05) is 13.6 Å². The number of esters is 1. The molecule has 0 aliphatic carbocycles. The highest BCUT2D eigenvalue weighted by molar-refractivity contribution is 8.03. The Bertz CT molecular complexity index is 623. The molecule has 1 aromatic heterocycles. The summed E-state index contributed by atoms with van der Waals surface area (Å²) in [5, 5.41) is 4.40. The zero-order valence-corrected chi connectivity index (χ0v) is 16.3. The number of fused-ring (bicyclic) bond motifs is 1. The first kappa shape index (κ1) is 17.6. The van der Waals surface area contributed by atoms with Crippen LogP contribution in [0, 0.1) is 0 Å². The topological polar surface area (TPSA) is 42.1 Å². The Labute approximate surface area is 157 Å². The second kappa shape index (κ2) is 7.43. The Morgan fingerprint density at radius 1 is 1.52 bits per heavy atom. The van der Waals surface area contributed by atoms with Crippen molar-refractivity contribution in [2.45, 2.75) is 61.7 Å². The van der Waals surface area contributed by atoms with E-state index in [0.29, 0.717) is 18.2 Å². The molecular formula is C19H25NO3S2. The molecule has 0 amide bonds. The lowest BCUT2D eigenvalue weighted by Gasteiger charge is -2.28. The molecular weight excluding hydrogens is 354 g/mol. The molecule has 3 aliphatic heterocycles. The zero-order chi connectivity index (χ0) is 17.4. The van der Waals surface area contributed by atoms with Crippen LogP contribution in [-0.4, -0.2) is 54.1 Å². The van der Waals surface area contributed by atoms with Crippen LogP contribution in [0.4, 0.5) is 0 Å². The van der Waals surface area contributed by atoms with Crippen LogP contribution >= 0.6 is 23.1 Å². The summed E-state index contributed by atoms with van der Waals surface area (Å²) < 4.78 is 11.7. The summed E-state index contributed by atoms with van der Waals surface area (Å²) in [4.78, 5) is 16.5. The van der Waals surface area contributed by atoms with Gasteiger partial charge in [0.2, 0.25) is 0 Å². The minimum atomic E-state index is -0.166. The predicted octanol–water partition coefficient (Wildman–Crippen LogP) is 3.64. The Balaban J connectivity index is 1.42. The van der Waals surface area contributed by atoms with E-state index in [4.69, 9.17) is 9.47 Å². The van der Waals surface area contributed by atoms with Crippen LogP contribution in [0.15, 0.2) is 29.0 Å². The summed E-state index contributed by atoms with van der Waals surface area (Å²) in [6.07, 6.45) is 5.52. The van der Waals surface area contributed by atoms with Gasteiger partial charge in [-0.1, -0.05) is 19.1 Å². The van der Waals surface area contributed by atoms with E-state index in [1.165, 1.54) is 0 Å². The molecule has 2 fully saturated rings. The van der Waals surface area contributed by atoms with E-state index in [0.717, 1.165) is 30.7 Å². The van der Waals surface area contributed by atoms with Gasteiger partial charge in [-0.25, -0.2) is 0 Å². The van der Waals surface area contributed by atoms with Gasteiger partial charge in [-0.15, -0.1) is 23.1 Å². The molecule has 0 saturated carbocycles. The van der Waals surface area contributed by atoms with Crippen molar-refractivity contribution in [1.29, 1.82) is 0 Å². The van der Waals surface area contributed by atoms with Crippen LogP contribution in [0.3, 0.4) is 0 Å². The number of carbonyl (C=O) groups is 1. The molecule has 4 heterocycles. The average Bonchev–Trinajstić information content (AvgIpc) is 3.05. The molecule has 1 aromatic rings. The third kappa shape index (κ3) is 3.68. The maximum atomic E-state index is 13.0. The number of hydrogen-bond acceptors (Lipinski definition) is 6. The smallest absolute Gasteiger partial charge is 0.315 e. The monoisotopic (exact) mass is 379 g/mol. The fraction of sp³-hybridized carbons (Fsp3) is 0.632. The van der Waals surface area contributed by atoms with Gasteiger partial charge in [0.05, 0.1) is 6.10 Å². The molecule has 4 rings (SSSR count). The minimum Gasteiger partial charge on any atom is -0.462 e. The largest absolute Gasteiger partial charge is 0.462 e. The predicted molar refractivity (Wildman–Crippen MR) is 102 cm³/mol. The number of rotatable bonds is 7. The van der Waals surface area contributed by atoms with Gasteiger partial charge in [0.15, 0.2) is 0 Å². The number of morpholine rings is 1. The van der Waals surface area contributed by atoms with Crippen LogP contribution in [0.2, 0.25) is 0 Å². The highest BCUT2D eigenvalue weighted by Gasteiger charge is 2.53. The lowest BCUT2D eigenvalue weighted by molar-refractivity contribution is -0.152. The summed E-state index contributed by atoms with van der Waals surface area (Å²) in [6, 6.07) is 4.46. The second-order valence-electron chi connectivity index (χ2n) is 7.12. The fourth-order valence-corrected chi connectivity index (χ4v) is 5.99. The third-order valence-corrected chi connectivity index (χ3v) is 7.59. The summed E-state index contributed by atoms with van der Waals surface area (Å²) in [5.41, 5.74) is 0. The van der Waals surface area contributed by atoms with Crippen molar-refractivity contribution in [3.05, 3.63) is 33.9 Å². The second-order valence-corrected chi connectivity index (χ2v) is 9.25. The van der Waals surface area contributed by atoms with Gasteiger partial charge >= 0.3 is 5.97 Å². The number of likely N-dealkylation sites (tertiary alicyclic amines) is 1. The van der Waals surface area contributed by atoms with E-state index in [9.17, 15) is 4.79 Å². The number of carbonyl (C=O) groups excluding carboxylic acids is 1. The molecule has 3 aliphatic rings. The summed E-state index contributed by atoms with van der Waals surface area (Å²) >= 11 is 3.40. The molecule has 136 valence electrons. The first-order valence-electron chi connectivity index (χ1n) is 9.07. The number of allylic oxidation sites excluding steroid dienone is 1. The average molecular weight is 380 g/mol. The van der Waals surface area contributed by atoms with Crippen molar-refractivity contribution >= 4 is 29.1 Å². The molecule has 25 heavy (non-hydrogen) atoms. The van der Waals surface area contributed by atoms with E-state index in [2.05, 4.69) is 36.4 Å². The van der Waals surface area contributed by atoms with Gasteiger partial charge in [0, 0.05) is 29.1 Å². The van der Waals surface area contributed by atoms with Crippen LogP contribution in [0.25, 0.3) is 0 Å². The van der Waals surface area contributed by atoms with Crippen molar-refractivity contribution in [1.82, 2.24) is 4.90 Å². The molecule has 6 unspecified atom stereocenters. The highest BCUT2D eigenvalue weighted by Crippen LogP contribution is 2.40. The van der Waals surface area contributed by atoms with E-state index < -0.39 is 0 Å². The number of likely N-dealkylation sites (N-methyl/N-ethyl adjacent to an activating group) is 1. The molecule has 6 heteroatoms. The van der Waals surface area contributed by atoms with Gasteiger partial charge in [-0.2, -0.15) is 0 Å². The summed E-state index contributed by atoms with van der Waals surface area (Å²) in [5.74, 6) is -0.232. The maximum absolute atomic E-state index is 13.0. The summed E-state index contributed by atoms with van der Waals surface area (Å²) in [6.45, 7) is 3.10. The number of epoxide rings is 1. The molecule has 6 atom stereocenters. The van der Waals surface area contributed by atoms with E-state index >= 15 is 0 Å². The minimum absolute atomic E-state index is 0.0373. The Kier molecular flexibility index (Phi) is 5.23. The van der Waals surface area contributed by atoms with Gasteiger partial charge in [-0.3, -0.25) is 9.69 Å². The number of ether oxygens (including phenoxy) is 2. The molecule has 0 aromatic carbocycles. The lowest BCUT2D eigenvalue weighted by atomic mass is 10.00. The standard InChI is InChI=1S/C19H25NO3S2/c1-3-12(10-13-18-14(23-18)11-20(13)2)22-19(21)17(15-6-4-8-24-15)16-7-5-9-25-16/h4-6,8-9,12-14,16-18H,3,7,10-11H2,1-2H3. The van der Waals surface area contributed by atoms with Crippen molar-refractivity contribution in [3.63, 3.8) is 0 Å². The maximum Gasteiger partial charge on any atom is 0.315 e. The Hall–Kier alpha value is -0.820. The van der Waals surface area contributed by atoms with Gasteiger partial charge in [-0.05, 0) is 36.7 Å². The van der Waals surface area contributed by atoms with Crippen molar-refractivity contribution < 1.29 is 14.3 Å². The number of hydrogen-bond donors (Lipinski definition) is 0. The highest BCUT2D eigenvalue weighted by atomic mass is 32.2. The first-order valence-corrected chi connectivity index (χ1v) is 10.9. The molecule has 0 bridgehead atoms. The molecule has 2 saturated heterocycles. The van der Waals surface area contributed by atoms with E-state index in [1.807, 2.05) is 11.4 Å². The van der Waals surface area contributed by atoms with E-state index in [1.54, 1.807) is 23.1 Å². The zero-order valence-electron chi connectivity index (χ0n) is 14.7. The van der Waals surface area contributed by atoms with Crippen molar-refractivity contribution in [2.24, 2.45) is 0 Å². The van der Waals surface area contributed by atoms with Gasteiger partial charge in [0.25, 0.3) is 0 Å². The number of thiophene rings is 1. The lowest BCUT2D eigenvalue weighted by Crippen LogP contribution is -2.37. The molecule has 0 N–H and O–H groups in total. The van der Waals surface area contributed by atoms with Crippen LogP contribution in [-0.2, 0) is 14.3 Å². The van der Waals surface area contributed by atoms with Crippen LogP contribution in [0.5, 0.6) is 0 Å². The summed E-state index contributed by atoms with van der Waals surface area (Å²) in [7, 11) is 2.14. The van der Waals surface area contributed by atoms with Gasteiger partial charge in [0.1, 0.15) is 18.1 Å². The van der Waals surface area contributed by atoms with Crippen LogP contribution < -0.4 is 0 Å². The fourth-order valence-electron chi connectivity index (χ4n) is 3.97. The number of nitrogens with zero attached hydrogens (tertiary/aromatic N) is 1. The van der Waals surface area contributed by atoms with Crippen molar-refractivity contribution in [3.8, 4) is 0 Å². The quantitative estimate of drug-likeness (QED) is 0.534. The van der Waals surface area contributed by atoms with Crippen LogP contribution in [0.1, 0.15) is 37.0 Å². The molecule has 4 nitrogen and oxygen atoms in total. The SMILES string of the molecule is CCC(CC1C2OC2CN1C)OC(=O)C(c1cccs1)C1CC=CS1. The Morgan fingerprint density at radius 2 is 2.40 bits per heavy atom. The van der Waals surface area contributed by atoms with E-state index in [-0.39, 0.29) is 23.2 Å². The van der Waals surface area contributed by atoms with Gasteiger partial charge < -0.3 is 9.47 Å². The number of thioether (sulfide) groups is 1. The third-order valence-electron chi connectivity index (χ3n) is 5.47.